The molecule has 4 atom stereocenters. The van der Waals surface area contributed by atoms with Crippen molar-refractivity contribution in [3.8, 4) is 23.0 Å². The summed E-state index contributed by atoms with van der Waals surface area (Å²) in [5.41, 5.74) is 7.09. The minimum atomic E-state index is -1.14. The highest BCUT2D eigenvalue weighted by Crippen LogP contribution is 2.38. The third kappa shape index (κ3) is 12.9. The van der Waals surface area contributed by atoms with Crippen molar-refractivity contribution in [2.45, 2.75) is 116 Å². The van der Waals surface area contributed by atoms with Crippen LogP contribution in [-0.4, -0.2) is 103 Å². The first-order valence-corrected chi connectivity index (χ1v) is 26.4. The number of carbonyl (C=O) groups is 8. The Morgan fingerprint density at radius 2 is 1.51 bits per heavy atom. The molecule has 3 heterocycles. The molecule has 78 heavy (non-hydrogen) atoms. The molecule has 0 saturated carbocycles. The molecule has 3 aliphatic rings. The number of likely N-dealkylation sites (tertiary alicyclic amines) is 1. The second-order valence-electron chi connectivity index (χ2n) is 20.0. The lowest BCUT2D eigenvalue weighted by Gasteiger charge is -2.37. The summed E-state index contributed by atoms with van der Waals surface area (Å²) in [6, 6.07) is 26.8. The summed E-state index contributed by atoms with van der Waals surface area (Å²) in [6.45, 7) is 7.83. The van der Waals surface area contributed by atoms with Crippen LogP contribution in [0.1, 0.15) is 129 Å². The SMILES string of the molecule is CC[C@H](C(=O)N1CCCCC1C(=O)OC(CCc1ccc(C)c(C)c1)c1cccc(OCC(=O)NCc2cccc(CC(=O)COc3cccc4c3C(=O)N(C3CCC(=O)NC3=O)C4=O)c2)c1)c1cc(C)c(OC)c(OC)c1. The average Bonchev–Trinajstić information content (AvgIpc) is 3.72. The first-order chi connectivity index (χ1) is 37.6. The summed E-state index contributed by atoms with van der Waals surface area (Å²) in [5.74, 6) is -2.94. The van der Waals surface area contributed by atoms with Crippen LogP contribution in [0.2, 0.25) is 0 Å². The fraction of sp³-hybridized carbons (Fsp3) is 0.377. The van der Waals surface area contributed by atoms with E-state index in [9.17, 15) is 38.4 Å². The molecule has 2 N–H and O–H groups in total. The van der Waals surface area contributed by atoms with Crippen molar-refractivity contribution < 1.29 is 62.0 Å². The highest BCUT2D eigenvalue weighted by molar-refractivity contribution is 6.24. The molecule has 5 aromatic carbocycles. The largest absolute Gasteiger partial charge is 0.493 e. The lowest BCUT2D eigenvalue weighted by atomic mass is 9.91. The molecule has 8 rings (SSSR count). The van der Waals surface area contributed by atoms with E-state index in [2.05, 4.69) is 42.7 Å². The van der Waals surface area contributed by atoms with Crippen molar-refractivity contribution >= 4 is 47.2 Å². The minimum absolute atomic E-state index is 0.00580. The van der Waals surface area contributed by atoms with Crippen molar-refractivity contribution in [2.24, 2.45) is 0 Å². The Kier molecular flexibility index (Phi) is 18.1. The van der Waals surface area contributed by atoms with Crippen molar-refractivity contribution in [3.05, 3.63) is 153 Å². The fourth-order valence-electron chi connectivity index (χ4n) is 10.4. The Morgan fingerprint density at radius 1 is 0.731 bits per heavy atom. The number of methoxy groups -OCH3 is 2. The minimum Gasteiger partial charge on any atom is -0.493 e. The van der Waals surface area contributed by atoms with E-state index < -0.39 is 66.2 Å². The summed E-state index contributed by atoms with van der Waals surface area (Å²) >= 11 is 0. The Morgan fingerprint density at radius 3 is 2.27 bits per heavy atom. The van der Waals surface area contributed by atoms with E-state index in [1.807, 2.05) is 38.1 Å². The zero-order valence-corrected chi connectivity index (χ0v) is 44.9. The zero-order valence-electron chi connectivity index (χ0n) is 44.9. The number of imide groups is 2. The second kappa shape index (κ2) is 25.2. The van der Waals surface area contributed by atoms with Crippen molar-refractivity contribution in [3.63, 3.8) is 0 Å². The monoisotopic (exact) mass is 1060 g/mol. The zero-order chi connectivity index (χ0) is 55.6. The van der Waals surface area contributed by atoms with Crippen LogP contribution in [0.4, 0.5) is 0 Å². The summed E-state index contributed by atoms with van der Waals surface area (Å²) in [7, 11) is 3.14. The van der Waals surface area contributed by atoms with Gasteiger partial charge in [0.25, 0.3) is 17.7 Å². The van der Waals surface area contributed by atoms with E-state index in [1.54, 1.807) is 55.5 Å². The summed E-state index contributed by atoms with van der Waals surface area (Å²) < 4.78 is 29.4. The number of carbonyl (C=O) groups excluding carboxylic acids is 8. The van der Waals surface area contributed by atoms with Crippen molar-refractivity contribution in [1.29, 1.82) is 0 Å². The third-order valence-corrected chi connectivity index (χ3v) is 14.7. The van der Waals surface area contributed by atoms with E-state index in [-0.39, 0.29) is 61.0 Å². The van der Waals surface area contributed by atoms with E-state index in [0.717, 1.165) is 45.6 Å². The highest BCUT2D eigenvalue weighted by atomic mass is 16.5. The predicted octanol–water partition coefficient (Wildman–Crippen LogP) is 7.71. The van der Waals surface area contributed by atoms with Gasteiger partial charge in [0.05, 0.1) is 31.3 Å². The molecule has 0 aliphatic carbocycles. The Hall–Kier alpha value is -8.34. The van der Waals surface area contributed by atoms with Gasteiger partial charge in [0, 0.05) is 25.9 Å². The maximum absolute atomic E-state index is 14.5. The highest BCUT2D eigenvalue weighted by Gasteiger charge is 2.46. The van der Waals surface area contributed by atoms with Crippen LogP contribution < -0.4 is 29.6 Å². The molecular weight excluding hydrogens is 997 g/mol. The lowest BCUT2D eigenvalue weighted by Crippen LogP contribution is -2.54. The van der Waals surface area contributed by atoms with E-state index >= 15 is 0 Å². The molecule has 0 bridgehead atoms. The molecule has 0 spiro atoms. The number of benzene rings is 5. The maximum Gasteiger partial charge on any atom is 0.329 e. The van der Waals surface area contributed by atoms with Gasteiger partial charge in [-0.3, -0.25) is 43.8 Å². The molecule has 2 saturated heterocycles. The smallest absolute Gasteiger partial charge is 0.329 e. The van der Waals surface area contributed by atoms with Gasteiger partial charge in [-0.25, -0.2) is 4.79 Å². The first kappa shape index (κ1) is 55.9. The summed E-state index contributed by atoms with van der Waals surface area (Å²) in [5, 5.41) is 5.03. The van der Waals surface area contributed by atoms with Crippen LogP contribution in [0.3, 0.4) is 0 Å². The lowest BCUT2D eigenvalue weighted by molar-refractivity contribution is -0.162. The number of fused-ring (bicyclic) bond motifs is 1. The van der Waals surface area contributed by atoms with Gasteiger partial charge in [-0.2, -0.15) is 0 Å². The molecule has 17 heteroatoms. The number of ether oxygens (including phenoxy) is 5. The number of esters is 1. The fourth-order valence-corrected chi connectivity index (χ4v) is 10.4. The van der Waals surface area contributed by atoms with Crippen molar-refractivity contribution in [2.75, 3.05) is 34.0 Å². The number of ketones is 1. The van der Waals surface area contributed by atoms with Crippen LogP contribution in [0.15, 0.2) is 97.1 Å². The molecule has 3 aliphatic heterocycles. The number of amides is 6. The number of hydrogen-bond acceptors (Lipinski definition) is 13. The number of nitrogens with zero attached hydrogens (tertiary/aromatic N) is 2. The third-order valence-electron chi connectivity index (χ3n) is 14.7. The van der Waals surface area contributed by atoms with Crippen LogP contribution in [0.5, 0.6) is 23.0 Å². The van der Waals surface area contributed by atoms with Gasteiger partial charge in [-0.1, -0.05) is 73.7 Å². The molecule has 408 valence electrons. The van der Waals surface area contributed by atoms with Crippen LogP contribution in [-0.2, 0) is 52.9 Å². The quantitative estimate of drug-likeness (QED) is 0.0503. The molecule has 0 radical (unpaired) electrons. The molecule has 2 fully saturated rings. The topological polar surface area (TPSA) is 213 Å². The Bertz CT molecular complexity index is 3130. The molecule has 0 aromatic heterocycles. The number of aryl methyl sites for hydroxylation is 4. The standard InChI is InChI=1S/C61H66N4O13/c1-7-46(43-28-38(4)56(75-6)52(32-43)74-5)58(70)64-26-9-8-18-49(64)61(73)78-50(24-22-39-21-20-36(2)37(3)27-39)42-15-11-16-45(31-42)76-35-54(68)62-33-41-14-10-13-40(29-41)30-44(66)34-77-51-19-12-17-47-55(51)60(72)65(59(47)71)48-23-25-53(67)63-57(48)69/h10-17,19-21,27-29,31-32,46,48-50H,7-9,18,22-26,30,33-35H2,1-6H3,(H,62,68)(H,63,67,69)/t46-,48?,49?,50?/m0/s1. The van der Waals surface area contributed by atoms with Gasteiger partial charge < -0.3 is 33.9 Å². The van der Waals surface area contributed by atoms with E-state index in [0.29, 0.717) is 60.6 Å². The Balaban J connectivity index is 0.877. The van der Waals surface area contributed by atoms with Gasteiger partial charge >= 0.3 is 5.97 Å². The van der Waals surface area contributed by atoms with Gasteiger partial charge in [0.15, 0.2) is 23.9 Å². The molecule has 6 amide bonds. The molecule has 3 unspecified atom stereocenters. The number of rotatable bonds is 22. The van der Waals surface area contributed by atoms with Gasteiger partial charge in [0.1, 0.15) is 36.3 Å². The van der Waals surface area contributed by atoms with Gasteiger partial charge in [-0.15, -0.1) is 0 Å². The Labute approximate surface area is 453 Å². The van der Waals surface area contributed by atoms with Crippen molar-refractivity contribution in [1.82, 2.24) is 20.4 Å². The summed E-state index contributed by atoms with van der Waals surface area (Å²) in [6.07, 6.45) is 2.82. The predicted molar refractivity (Wildman–Crippen MR) is 287 cm³/mol. The van der Waals surface area contributed by atoms with Gasteiger partial charge in [0.2, 0.25) is 17.7 Å². The van der Waals surface area contributed by atoms with E-state index in [1.165, 1.54) is 23.8 Å². The molecule has 17 nitrogen and oxygen atoms in total. The first-order valence-electron chi connectivity index (χ1n) is 26.4. The maximum atomic E-state index is 14.5. The molecular formula is C61H66N4O13. The summed E-state index contributed by atoms with van der Waals surface area (Å²) in [4.78, 5) is 109. The second-order valence-corrected chi connectivity index (χ2v) is 20.0. The van der Waals surface area contributed by atoms with Crippen LogP contribution in [0.25, 0.3) is 0 Å². The number of nitrogens with one attached hydrogen (secondary N) is 2. The molecule has 5 aromatic rings. The van der Waals surface area contributed by atoms with E-state index in [4.69, 9.17) is 23.7 Å². The number of piperidine rings is 2. The van der Waals surface area contributed by atoms with Crippen LogP contribution >= 0.6 is 0 Å². The normalized spacial score (nSPS) is 16.9. The van der Waals surface area contributed by atoms with Crippen LogP contribution in [0, 0.1) is 20.8 Å². The number of Topliss-reactive ketones (excluding diaryl/α,β-unsaturated/α-hetero) is 1. The number of hydrogen-bond donors (Lipinski definition) is 2. The van der Waals surface area contributed by atoms with Gasteiger partial charge in [-0.05, 0) is 141 Å². The average molecular weight is 1060 g/mol.